The Labute approximate surface area is 127 Å². The van der Waals surface area contributed by atoms with E-state index in [9.17, 15) is 4.39 Å². The van der Waals surface area contributed by atoms with Crippen LogP contribution in [0.15, 0.2) is 34.2 Å². The second-order valence-electron chi connectivity index (χ2n) is 4.48. The van der Waals surface area contributed by atoms with Crippen LogP contribution < -0.4 is 5.73 Å². The first kappa shape index (κ1) is 15.4. The van der Waals surface area contributed by atoms with Gasteiger partial charge < -0.3 is 5.73 Å². The minimum atomic E-state index is -0.284. The predicted molar refractivity (Wildman–Crippen MR) is 82.3 cm³/mol. The van der Waals surface area contributed by atoms with E-state index >= 15 is 0 Å². The highest BCUT2D eigenvalue weighted by Gasteiger charge is 2.17. The molecule has 0 amide bonds. The number of rotatable bonds is 5. The van der Waals surface area contributed by atoms with Crippen molar-refractivity contribution in [1.29, 1.82) is 5.41 Å². The fraction of sp³-hybridized carbons (Fsp3) is 0.267. The van der Waals surface area contributed by atoms with Crippen LogP contribution in [0.5, 0.6) is 0 Å². The molecule has 110 valence electrons. The number of amidine groups is 1. The molecule has 1 aromatic carbocycles. The number of hydrogen-bond donors (Lipinski definition) is 2. The topological polar surface area (TPSA) is 75.7 Å². The van der Waals surface area contributed by atoms with Gasteiger partial charge in [0, 0.05) is 4.90 Å². The molecule has 2 aromatic rings. The smallest absolute Gasteiger partial charge is 0.135 e. The second kappa shape index (κ2) is 6.67. The molecule has 0 saturated heterocycles. The normalized spacial score (nSPS) is 10.6. The summed E-state index contributed by atoms with van der Waals surface area (Å²) >= 11 is 1.34. The Balaban J connectivity index is 2.48. The molecule has 1 heterocycles. The Morgan fingerprint density at radius 2 is 1.86 bits per heavy atom. The van der Waals surface area contributed by atoms with Gasteiger partial charge in [0.05, 0.1) is 11.3 Å². The Morgan fingerprint density at radius 3 is 2.38 bits per heavy atom. The molecule has 0 spiro atoms. The molecule has 0 bridgehead atoms. The number of hydrogen-bond acceptors (Lipinski definition) is 4. The van der Waals surface area contributed by atoms with E-state index in [1.54, 1.807) is 12.1 Å². The summed E-state index contributed by atoms with van der Waals surface area (Å²) in [5.74, 6) is -0.297. The zero-order valence-electron chi connectivity index (χ0n) is 12.0. The van der Waals surface area contributed by atoms with E-state index in [2.05, 4.69) is 10.2 Å². The van der Waals surface area contributed by atoms with Crippen LogP contribution in [0, 0.1) is 11.2 Å². The van der Waals surface area contributed by atoms with E-state index < -0.39 is 0 Å². The second-order valence-corrected chi connectivity index (χ2v) is 5.54. The van der Waals surface area contributed by atoms with Crippen LogP contribution in [0.3, 0.4) is 0 Å². The molecular formula is C15H17FN4S. The molecule has 0 unspecified atom stereocenters. The maximum absolute atomic E-state index is 13.0. The maximum atomic E-state index is 13.0. The lowest BCUT2D eigenvalue weighted by Gasteiger charge is -2.13. The van der Waals surface area contributed by atoms with Crippen LogP contribution in [0.4, 0.5) is 4.39 Å². The Kier molecular flexibility index (Phi) is 4.90. The average Bonchev–Trinajstić information content (AvgIpc) is 2.48. The van der Waals surface area contributed by atoms with Crippen LogP contribution in [-0.2, 0) is 12.8 Å². The maximum Gasteiger partial charge on any atom is 0.135 e. The van der Waals surface area contributed by atoms with Gasteiger partial charge in [0.1, 0.15) is 16.7 Å². The fourth-order valence-corrected chi connectivity index (χ4v) is 3.03. The van der Waals surface area contributed by atoms with E-state index in [1.807, 2.05) is 13.8 Å². The standard InChI is InChI=1S/C15H17FN4S/c1-3-11-12(4-2)19-20-15(13(11)14(17)18)21-10-7-5-9(16)6-8-10/h5-8H,3-4H2,1-2H3,(H3,17,18). The summed E-state index contributed by atoms with van der Waals surface area (Å²) in [6.07, 6.45) is 1.49. The molecule has 0 saturated carbocycles. The van der Waals surface area contributed by atoms with E-state index in [-0.39, 0.29) is 11.7 Å². The highest BCUT2D eigenvalue weighted by molar-refractivity contribution is 7.99. The third-order valence-electron chi connectivity index (χ3n) is 3.11. The highest BCUT2D eigenvalue weighted by atomic mass is 32.2. The van der Waals surface area contributed by atoms with Crippen molar-refractivity contribution in [2.24, 2.45) is 5.73 Å². The number of nitrogen functional groups attached to an aromatic ring is 1. The monoisotopic (exact) mass is 304 g/mol. The SMILES string of the molecule is CCc1nnc(Sc2ccc(F)cc2)c(C(=N)N)c1CC. The van der Waals surface area contributed by atoms with Gasteiger partial charge in [-0.2, -0.15) is 5.10 Å². The minimum absolute atomic E-state index is 0.0129. The number of aryl methyl sites for hydroxylation is 1. The van der Waals surface area contributed by atoms with Gasteiger partial charge in [-0.1, -0.05) is 25.6 Å². The molecule has 0 fully saturated rings. The first-order valence-electron chi connectivity index (χ1n) is 6.73. The van der Waals surface area contributed by atoms with Crippen molar-refractivity contribution in [3.63, 3.8) is 0 Å². The van der Waals surface area contributed by atoms with Crippen molar-refractivity contribution in [3.05, 3.63) is 46.9 Å². The number of halogens is 1. The van der Waals surface area contributed by atoms with Gasteiger partial charge in [-0.25, -0.2) is 4.39 Å². The van der Waals surface area contributed by atoms with Crippen molar-refractivity contribution in [2.45, 2.75) is 36.6 Å². The fourth-order valence-electron chi connectivity index (χ4n) is 2.12. The highest BCUT2D eigenvalue weighted by Crippen LogP contribution is 2.31. The first-order valence-corrected chi connectivity index (χ1v) is 7.54. The van der Waals surface area contributed by atoms with E-state index in [1.165, 1.54) is 23.9 Å². The molecule has 21 heavy (non-hydrogen) atoms. The van der Waals surface area contributed by atoms with Gasteiger partial charge in [-0.3, -0.25) is 5.41 Å². The van der Waals surface area contributed by atoms with Gasteiger partial charge in [0.15, 0.2) is 0 Å². The molecule has 1 aromatic heterocycles. The van der Waals surface area contributed by atoms with Gasteiger partial charge in [0.2, 0.25) is 0 Å². The lowest BCUT2D eigenvalue weighted by Crippen LogP contribution is -2.18. The minimum Gasteiger partial charge on any atom is -0.384 e. The van der Waals surface area contributed by atoms with Crippen LogP contribution in [-0.4, -0.2) is 16.0 Å². The molecule has 0 aliphatic carbocycles. The van der Waals surface area contributed by atoms with Crippen molar-refractivity contribution < 1.29 is 4.39 Å². The molecule has 3 N–H and O–H groups in total. The van der Waals surface area contributed by atoms with E-state index in [0.29, 0.717) is 10.6 Å². The largest absolute Gasteiger partial charge is 0.384 e. The quantitative estimate of drug-likeness (QED) is 0.657. The summed E-state index contributed by atoms with van der Waals surface area (Å²) < 4.78 is 13.0. The summed E-state index contributed by atoms with van der Waals surface area (Å²) in [7, 11) is 0. The predicted octanol–water partition coefficient (Wildman–Crippen LogP) is 3.18. The number of nitrogens with one attached hydrogen (secondary N) is 1. The Hall–Kier alpha value is -1.95. The Bertz CT molecular complexity index is 655. The lowest BCUT2D eigenvalue weighted by atomic mass is 10.0. The average molecular weight is 304 g/mol. The third kappa shape index (κ3) is 3.39. The number of aromatic nitrogens is 2. The number of nitrogens with zero attached hydrogens (tertiary/aromatic N) is 2. The van der Waals surface area contributed by atoms with Crippen LogP contribution in [0.25, 0.3) is 0 Å². The van der Waals surface area contributed by atoms with Gasteiger partial charge in [-0.05, 0) is 42.7 Å². The lowest BCUT2D eigenvalue weighted by molar-refractivity contribution is 0.626. The van der Waals surface area contributed by atoms with Crippen LogP contribution in [0.2, 0.25) is 0 Å². The zero-order valence-corrected chi connectivity index (χ0v) is 12.8. The molecule has 0 aliphatic heterocycles. The summed E-state index contributed by atoms with van der Waals surface area (Å²) in [4.78, 5) is 0.833. The first-order chi connectivity index (χ1) is 10.1. The number of nitrogens with two attached hydrogens (primary N) is 1. The molecule has 2 rings (SSSR count). The summed E-state index contributed by atoms with van der Waals surface area (Å²) in [5.41, 5.74) is 8.20. The van der Waals surface area contributed by atoms with E-state index in [4.69, 9.17) is 11.1 Å². The molecule has 0 atom stereocenters. The summed E-state index contributed by atoms with van der Waals surface area (Å²) in [6.45, 7) is 4.01. The molecule has 0 aliphatic rings. The van der Waals surface area contributed by atoms with Crippen LogP contribution in [0.1, 0.15) is 30.7 Å². The Morgan fingerprint density at radius 1 is 1.19 bits per heavy atom. The third-order valence-corrected chi connectivity index (χ3v) is 4.10. The molecular weight excluding hydrogens is 287 g/mol. The van der Waals surface area contributed by atoms with Gasteiger partial charge >= 0.3 is 0 Å². The zero-order chi connectivity index (χ0) is 15.4. The summed E-state index contributed by atoms with van der Waals surface area (Å²) in [5, 5.41) is 16.8. The van der Waals surface area contributed by atoms with Crippen molar-refractivity contribution in [1.82, 2.24) is 10.2 Å². The van der Waals surface area contributed by atoms with Crippen molar-refractivity contribution in [2.75, 3.05) is 0 Å². The van der Waals surface area contributed by atoms with E-state index in [0.717, 1.165) is 29.0 Å². The van der Waals surface area contributed by atoms with Crippen molar-refractivity contribution in [3.8, 4) is 0 Å². The summed E-state index contributed by atoms with van der Waals surface area (Å²) in [6, 6.07) is 6.13. The van der Waals surface area contributed by atoms with Crippen LogP contribution >= 0.6 is 11.8 Å². The van der Waals surface area contributed by atoms with Gasteiger partial charge in [-0.15, -0.1) is 5.10 Å². The van der Waals surface area contributed by atoms with Crippen molar-refractivity contribution >= 4 is 17.6 Å². The molecule has 0 radical (unpaired) electrons. The van der Waals surface area contributed by atoms with Gasteiger partial charge in [0.25, 0.3) is 0 Å². The number of benzene rings is 1. The molecule has 6 heteroatoms. The molecule has 4 nitrogen and oxygen atoms in total.